The summed E-state index contributed by atoms with van der Waals surface area (Å²) in [5.74, 6) is -0.270. The number of aliphatic carboxylic acids is 1. The van der Waals surface area contributed by atoms with Crippen LogP contribution in [-0.2, 0) is 4.79 Å². The number of nitrogens with one attached hydrogen (secondary N) is 1. The number of carbonyl (C=O) groups is 2. The second kappa shape index (κ2) is 5.81. The molecule has 1 amide bonds. The van der Waals surface area contributed by atoms with Gasteiger partial charge in [-0.3, -0.25) is 14.7 Å². The van der Waals surface area contributed by atoms with Gasteiger partial charge in [0, 0.05) is 19.0 Å². The first-order chi connectivity index (χ1) is 9.08. The molecule has 1 atom stereocenters. The van der Waals surface area contributed by atoms with E-state index in [1.54, 1.807) is 11.8 Å². The number of rotatable bonds is 4. The maximum absolute atomic E-state index is 12.3. The van der Waals surface area contributed by atoms with E-state index < -0.39 is 5.97 Å². The Kier molecular flexibility index (Phi) is 4.13. The third-order valence-electron chi connectivity index (χ3n) is 3.37. The van der Waals surface area contributed by atoms with E-state index in [-0.39, 0.29) is 24.2 Å². The first-order valence-electron chi connectivity index (χ1n) is 6.49. The molecule has 0 bridgehead atoms. The highest BCUT2D eigenvalue weighted by Gasteiger charge is 2.29. The first kappa shape index (κ1) is 13.5. The summed E-state index contributed by atoms with van der Waals surface area (Å²) >= 11 is 0. The molecule has 104 valence electrons. The number of likely N-dealkylation sites (tertiary alicyclic amines) is 1. The third kappa shape index (κ3) is 3.30. The summed E-state index contributed by atoms with van der Waals surface area (Å²) in [5.41, 5.74) is 0. The van der Waals surface area contributed by atoms with E-state index >= 15 is 0 Å². The molecule has 7 heteroatoms. The number of aromatic amines is 1. The highest BCUT2D eigenvalue weighted by Crippen LogP contribution is 2.22. The number of H-pyrrole nitrogens is 1. The number of aromatic nitrogens is 3. The van der Waals surface area contributed by atoms with Crippen molar-refractivity contribution in [2.24, 2.45) is 0 Å². The van der Waals surface area contributed by atoms with Crippen LogP contribution in [-0.4, -0.2) is 49.7 Å². The van der Waals surface area contributed by atoms with Gasteiger partial charge in [0.1, 0.15) is 5.82 Å². The second-order valence-corrected chi connectivity index (χ2v) is 4.82. The number of carboxylic acid groups (broad SMARTS) is 1. The van der Waals surface area contributed by atoms with Gasteiger partial charge in [-0.2, -0.15) is 0 Å². The smallest absolute Gasteiger partial charge is 0.303 e. The summed E-state index contributed by atoms with van der Waals surface area (Å²) in [4.78, 5) is 28.7. The molecule has 2 heterocycles. The molecule has 0 saturated carbocycles. The number of piperidine rings is 1. The van der Waals surface area contributed by atoms with Gasteiger partial charge in [-0.1, -0.05) is 0 Å². The lowest BCUT2D eigenvalue weighted by Crippen LogP contribution is -2.44. The van der Waals surface area contributed by atoms with Crippen molar-refractivity contribution in [2.75, 3.05) is 6.54 Å². The van der Waals surface area contributed by atoms with Crippen LogP contribution in [0.25, 0.3) is 0 Å². The number of hydrogen-bond donors (Lipinski definition) is 2. The quantitative estimate of drug-likeness (QED) is 0.846. The lowest BCUT2D eigenvalue weighted by Gasteiger charge is -2.34. The highest BCUT2D eigenvalue weighted by atomic mass is 16.4. The number of hydrogen-bond acceptors (Lipinski definition) is 4. The fourth-order valence-electron chi connectivity index (χ4n) is 2.42. The fourth-order valence-corrected chi connectivity index (χ4v) is 2.42. The molecule has 2 rings (SSSR count). The van der Waals surface area contributed by atoms with Crippen LogP contribution in [0.5, 0.6) is 0 Å². The van der Waals surface area contributed by atoms with Crippen LogP contribution < -0.4 is 0 Å². The number of aryl methyl sites for hydroxylation is 1. The van der Waals surface area contributed by atoms with Gasteiger partial charge in [-0.25, -0.2) is 4.98 Å². The van der Waals surface area contributed by atoms with Gasteiger partial charge in [0.15, 0.2) is 0 Å². The highest BCUT2D eigenvalue weighted by molar-refractivity contribution is 5.90. The van der Waals surface area contributed by atoms with Crippen molar-refractivity contribution in [1.29, 1.82) is 0 Å². The third-order valence-corrected chi connectivity index (χ3v) is 3.37. The second-order valence-electron chi connectivity index (χ2n) is 4.82. The first-order valence-corrected chi connectivity index (χ1v) is 6.49. The minimum atomic E-state index is -0.827. The molecule has 0 radical (unpaired) electrons. The normalized spacial score (nSPS) is 19.4. The monoisotopic (exact) mass is 266 g/mol. The molecule has 1 aromatic heterocycles. The van der Waals surface area contributed by atoms with Crippen molar-refractivity contribution in [2.45, 2.75) is 45.1 Å². The van der Waals surface area contributed by atoms with Crippen molar-refractivity contribution >= 4 is 11.9 Å². The molecule has 0 aliphatic carbocycles. The van der Waals surface area contributed by atoms with Crippen LogP contribution in [0.1, 0.15) is 48.5 Å². The van der Waals surface area contributed by atoms with Crippen LogP contribution in [0.2, 0.25) is 0 Å². The van der Waals surface area contributed by atoms with Crippen LogP contribution >= 0.6 is 0 Å². The van der Waals surface area contributed by atoms with E-state index in [0.29, 0.717) is 18.8 Å². The van der Waals surface area contributed by atoms with E-state index in [2.05, 4.69) is 15.2 Å². The Morgan fingerprint density at radius 3 is 2.89 bits per heavy atom. The van der Waals surface area contributed by atoms with E-state index in [4.69, 9.17) is 5.11 Å². The number of nitrogens with zero attached hydrogens (tertiary/aromatic N) is 3. The summed E-state index contributed by atoms with van der Waals surface area (Å²) in [5, 5.41) is 15.3. The standard InChI is InChI=1S/C12H18N4O3/c1-8-13-11(15-14-8)12(19)16-7-3-2-4-9(16)5-6-10(17)18/h9H,2-7H2,1H3,(H,17,18)(H,13,14,15). The lowest BCUT2D eigenvalue weighted by molar-refractivity contribution is -0.137. The SMILES string of the molecule is Cc1nc(C(=O)N2CCCCC2CCC(=O)O)n[nH]1. The van der Waals surface area contributed by atoms with E-state index in [1.165, 1.54) is 0 Å². The van der Waals surface area contributed by atoms with Gasteiger partial charge in [0.05, 0.1) is 0 Å². The largest absolute Gasteiger partial charge is 0.481 e. The molecule has 1 unspecified atom stereocenters. The van der Waals surface area contributed by atoms with Crippen molar-refractivity contribution in [3.8, 4) is 0 Å². The van der Waals surface area contributed by atoms with Gasteiger partial charge in [-0.15, -0.1) is 5.10 Å². The van der Waals surface area contributed by atoms with Gasteiger partial charge in [0.2, 0.25) is 5.82 Å². The predicted octanol–water partition coefficient (Wildman–Crippen LogP) is 0.973. The zero-order chi connectivity index (χ0) is 13.8. The van der Waals surface area contributed by atoms with Gasteiger partial charge < -0.3 is 10.0 Å². The fraction of sp³-hybridized carbons (Fsp3) is 0.667. The number of amides is 1. The molecule has 1 aliphatic heterocycles. The molecule has 0 spiro atoms. The molecule has 1 aliphatic rings. The van der Waals surface area contributed by atoms with Gasteiger partial charge in [0.25, 0.3) is 5.91 Å². The summed E-state index contributed by atoms with van der Waals surface area (Å²) in [6, 6.07) is -0.0174. The molecular weight excluding hydrogens is 248 g/mol. The number of carbonyl (C=O) groups excluding carboxylic acids is 1. The molecule has 1 fully saturated rings. The van der Waals surface area contributed by atoms with Crippen LogP contribution in [0.3, 0.4) is 0 Å². The maximum atomic E-state index is 12.3. The summed E-state index contributed by atoms with van der Waals surface area (Å²) in [6.45, 7) is 2.39. The Labute approximate surface area is 111 Å². The van der Waals surface area contributed by atoms with Gasteiger partial charge in [-0.05, 0) is 32.6 Å². The Hall–Kier alpha value is -1.92. The summed E-state index contributed by atoms with van der Waals surface area (Å²) in [6.07, 6.45) is 3.40. The predicted molar refractivity (Wildman–Crippen MR) is 66.7 cm³/mol. The molecule has 1 aromatic rings. The lowest BCUT2D eigenvalue weighted by atomic mass is 9.98. The topological polar surface area (TPSA) is 99.2 Å². The molecule has 1 saturated heterocycles. The van der Waals surface area contributed by atoms with Crippen molar-refractivity contribution in [3.63, 3.8) is 0 Å². The van der Waals surface area contributed by atoms with Crippen molar-refractivity contribution in [3.05, 3.63) is 11.6 Å². The zero-order valence-corrected chi connectivity index (χ0v) is 10.9. The van der Waals surface area contributed by atoms with Crippen LogP contribution in [0, 0.1) is 6.92 Å². The number of carboxylic acids is 1. The molecule has 2 N–H and O–H groups in total. The Morgan fingerprint density at radius 1 is 1.47 bits per heavy atom. The minimum Gasteiger partial charge on any atom is -0.481 e. The van der Waals surface area contributed by atoms with E-state index in [0.717, 1.165) is 19.3 Å². The molecule has 19 heavy (non-hydrogen) atoms. The average molecular weight is 266 g/mol. The molecule has 0 aromatic carbocycles. The zero-order valence-electron chi connectivity index (χ0n) is 10.9. The van der Waals surface area contributed by atoms with Gasteiger partial charge >= 0.3 is 5.97 Å². The van der Waals surface area contributed by atoms with Crippen molar-refractivity contribution < 1.29 is 14.7 Å². The Balaban J connectivity index is 2.06. The maximum Gasteiger partial charge on any atom is 0.303 e. The van der Waals surface area contributed by atoms with E-state index in [1.807, 2.05) is 0 Å². The average Bonchev–Trinajstić information content (AvgIpc) is 2.82. The summed E-state index contributed by atoms with van der Waals surface area (Å²) in [7, 11) is 0. The Morgan fingerprint density at radius 2 is 2.26 bits per heavy atom. The molecular formula is C12H18N4O3. The minimum absolute atomic E-state index is 0.0174. The van der Waals surface area contributed by atoms with Crippen LogP contribution in [0.4, 0.5) is 0 Å². The molecule has 7 nitrogen and oxygen atoms in total. The van der Waals surface area contributed by atoms with E-state index in [9.17, 15) is 9.59 Å². The van der Waals surface area contributed by atoms with Crippen LogP contribution in [0.15, 0.2) is 0 Å². The van der Waals surface area contributed by atoms with Crippen molar-refractivity contribution in [1.82, 2.24) is 20.1 Å². The summed E-state index contributed by atoms with van der Waals surface area (Å²) < 4.78 is 0. The Bertz CT molecular complexity index is 471.